The van der Waals surface area contributed by atoms with Gasteiger partial charge in [-0.3, -0.25) is 0 Å². The van der Waals surface area contributed by atoms with Gasteiger partial charge < -0.3 is 4.74 Å². The molecular weight excluding hydrogens is 292 g/mol. The van der Waals surface area contributed by atoms with E-state index in [1.54, 1.807) is 0 Å². The summed E-state index contributed by atoms with van der Waals surface area (Å²) in [5.41, 5.74) is 3.24. The number of benzene rings is 3. The summed E-state index contributed by atoms with van der Waals surface area (Å²) in [5, 5.41) is 0. The van der Waals surface area contributed by atoms with E-state index in [9.17, 15) is 0 Å². The highest BCUT2D eigenvalue weighted by Crippen LogP contribution is 2.47. The van der Waals surface area contributed by atoms with E-state index in [4.69, 9.17) is 11.2 Å². The molecule has 1 heteroatoms. The van der Waals surface area contributed by atoms with Crippen LogP contribution in [0.25, 0.3) is 11.8 Å². The third-order valence-corrected chi connectivity index (χ3v) is 4.32. The quantitative estimate of drug-likeness (QED) is 0.599. The van der Waals surface area contributed by atoms with E-state index in [0.717, 1.165) is 28.0 Å². The Labute approximate surface area is 142 Å². The third-order valence-electron chi connectivity index (χ3n) is 4.32. The van der Waals surface area contributed by atoms with Gasteiger partial charge in [-0.15, -0.1) is 6.42 Å². The zero-order valence-electron chi connectivity index (χ0n) is 13.1. The maximum Gasteiger partial charge on any atom is 0.221 e. The molecule has 1 aliphatic rings. The van der Waals surface area contributed by atoms with Crippen molar-refractivity contribution >= 4 is 11.8 Å². The van der Waals surface area contributed by atoms with Crippen molar-refractivity contribution in [2.75, 3.05) is 0 Å². The predicted molar refractivity (Wildman–Crippen MR) is 97.9 cm³/mol. The Morgan fingerprint density at radius 1 is 0.792 bits per heavy atom. The molecule has 0 aromatic heterocycles. The van der Waals surface area contributed by atoms with E-state index in [0.29, 0.717) is 0 Å². The predicted octanol–water partition coefficient (Wildman–Crippen LogP) is 5.09. The summed E-state index contributed by atoms with van der Waals surface area (Å²) < 4.78 is 6.38. The highest BCUT2D eigenvalue weighted by molar-refractivity contribution is 5.83. The van der Waals surface area contributed by atoms with Crippen molar-refractivity contribution in [1.29, 1.82) is 0 Å². The van der Waals surface area contributed by atoms with Crippen molar-refractivity contribution in [2.45, 2.75) is 5.60 Å². The summed E-state index contributed by atoms with van der Waals surface area (Å²) in [6.07, 6.45) is 8.01. The summed E-state index contributed by atoms with van der Waals surface area (Å²) in [6, 6.07) is 28.2. The van der Waals surface area contributed by atoms with Crippen LogP contribution in [0.1, 0.15) is 22.3 Å². The minimum absolute atomic E-state index is 0.804. The second-order valence-electron chi connectivity index (χ2n) is 5.76. The summed E-state index contributed by atoms with van der Waals surface area (Å²) >= 11 is 0. The molecule has 1 aliphatic heterocycles. The number of rotatable bonds is 2. The monoisotopic (exact) mass is 308 g/mol. The van der Waals surface area contributed by atoms with Crippen molar-refractivity contribution in [3.05, 3.63) is 107 Å². The number of terminal acetylenes is 1. The lowest BCUT2D eigenvalue weighted by Crippen LogP contribution is -2.24. The highest BCUT2D eigenvalue weighted by atomic mass is 16.5. The molecule has 0 saturated heterocycles. The first-order valence-electron chi connectivity index (χ1n) is 7.92. The fourth-order valence-electron chi connectivity index (χ4n) is 3.17. The molecule has 0 N–H and O–H groups in total. The van der Waals surface area contributed by atoms with Crippen molar-refractivity contribution < 1.29 is 4.74 Å². The second-order valence-corrected chi connectivity index (χ2v) is 5.76. The SMILES string of the molecule is C#C[C@@]1(c2ccccc2)O/C(=C\c2ccccc2)c2ccccc21. The highest BCUT2D eigenvalue weighted by Gasteiger charge is 2.43. The molecule has 1 heterocycles. The Morgan fingerprint density at radius 2 is 1.42 bits per heavy atom. The van der Waals surface area contributed by atoms with Gasteiger partial charge >= 0.3 is 0 Å². The van der Waals surface area contributed by atoms with Gasteiger partial charge in [-0.05, 0) is 17.6 Å². The lowest BCUT2D eigenvalue weighted by atomic mass is 9.86. The standard InChI is InChI=1S/C23H16O/c1-2-23(19-13-7-4-8-14-19)21-16-10-9-15-20(21)22(24-23)17-18-11-5-3-6-12-18/h1,3-17H/b22-17-/t23-/m0/s1. The van der Waals surface area contributed by atoms with Crippen molar-refractivity contribution in [1.82, 2.24) is 0 Å². The molecule has 0 aliphatic carbocycles. The summed E-state index contributed by atoms with van der Waals surface area (Å²) in [7, 11) is 0. The average molecular weight is 308 g/mol. The molecule has 3 aromatic rings. The average Bonchev–Trinajstić information content (AvgIpc) is 2.98. The second kappa shape index (κ2) is 5.76. The Hall–Kier alpha value is -3.24. The van der Waals surface area contributed by atoms with Crippen molar-refractivity contribution in [3.63, 3.8) is 0 Å². The van der Waals surface area contributed by atoms with Crippen LogP contribution in [-0.4, -0.2) is 0 Å². The largest absolute Gasteiger partial charge is 0.465 e. The molecule has 114 valence electrons. The molecule has 0 bridgehead atoms. The molecular formula is C23H16O. The molecule has 3 aromatic carbocycles. The van der Waals surface area contributed by atoms with Gasteiger partial charge in [0.25, 0.3) is 0 Å². The molecule has 0 saturated carbocycles. The van der Waals surface area contributed by atoms with Crippen LogP contribution in [0.15, 0.2) is 84.9 Å². The van der Waals surface area contributed by atoms with E-state index in [1.165, 1.54) is 0 Å². The van der Waals surface area contributed by atoms with Crippen LogP contribution < -0.4 is 0 Å². The normalized spacial score (nSPS) is 20.2. The van der Waals surface area contributed by atoms with Gasteiger partial charge in [0, 0.05) is 16.7 Å². The van der Waals surface area contributed by atoms with Crippen LogP contribution in [0.5, 0.6) is 0 Å². The first-order chi connectivity index (χ1) is 11.8. The van der Waals surface area contributed by atoms with Gasteiger partial charge in [0.15, 0.2) is 0 Å². The first-order valence-corrected chi connectivity index (χ1v) is 7.92. The fourth-order valence-corrected chi connectivity index (χ4v) is 3.17. The van der Waals surface area contributed by atoms with Crippen LogP contribution in [0.2, 0.25) is 0 Å². The molecule has 1 nitrogen and oxygen atoms in total. The number of hydrogen-bond donors (Lipinski definition) is 0. The summed E-state index contributed by atoms with van der Waals surface area (Å²) in [5.74, 6) is 3.71. The molecule has 0 radical (unpaired) electrons. The van der Waals surface area contributed by atoms with E-state index in [2.05, 4.69) is 24.1 Å². The number of ether oxygens (including phenoxy) is 1. The van der Waals surface area contributed by atoms with Crippen LogP contribution in [0.4, 0.5) is 0 Å². The first kappa shape index (κ1) is 14.4. The molecule has 1 atom stereocenters. The Bertz CT molecular complexity index is 933. The van der Waals surface area contributed by atoms with Crippen LogP contribution >= 0.6 is 0 Å². The number of fused-ring (bicyclic) bond motifs is 1. The number of hydrogen-bond acceptors (Lipinski definition) is 1. The topological polar surface area (TPSA) is 9.23 Å². The van der Waals surface area contributed by atoms with E-state index in [-0.39, 0.29) is 0 Å². The van der Waals surface area contributed by atoms with E-state index >= 15 is 0 Å². The molecule has 0 unspecified atom stereocenters. The summed E-state index contributed by atoms with van der Waals surface area (Å²) in [6.45, 7) is 0. The van der Waals surface area contributed by atoms with Crippen molar-refractivity contribution in [3.8, 4) is 12.3 Å². The van der Waals surface area contributed by atoms with Gasteiger partial charge in [-0.25, -0.2) is 0 Å². The van der Waals surface area contributed by atoms with Gasteiger partial charge in [0.2, 0.25) is 5.60 Å². The van der Waals surface area contributed by atoms with E-state index < -0.39 is 5.60 Å². The molecule has 0 fully saturated rings. The van der Waals surface area contributed by atoms with Crippen LogP contribution in [-0.2, 0) is 10.3 Å². The minimum Gasteiger partial charge on any atom is -0.465 e. The minimum atomic E-state index is -0.877. The smallest absolute Gasteiger partial charge is 0.221 e. The van der Waals surface area contributed by atoms with E-state index in [1.807, 2.05) is 72.8 Å². The Morgan fingerprint density at radius 3 is 2.12 bits per heavy atom. The van der Waals surface area contributed by atoms with Crippen LogP contribution in [0.3, 0.4) is 0 Å². The molecule has 24 heavy (non-hydrogen) atoms. The molecule has 0 amide bonds. The summed E-state index contributed by atoms with van der Waals surface area (Å²) in [4.78, 5) is 0. The maximum atomic E-state index is 6.38. The van der Waals surface area contributed by atoms with Crippen LogP contribution in [0, 0.1) is 12.3 Å². The molecule has 4 rings (SSSR count). The zero-order valence-corrected chi connectivity index (χ0v) is 13.1. The zero-order chi connectivity index (χ0) is 16.4. The van der Waals surface area contributed by atoms with Gasteiger partial charge in [0.1, 0.15) is 5.76 Å². The van der Waals surface area contributed by atoms with Gasteiger partial charge in [-0.1, -0.05) is 84.9 Å². The molecule has 0 spiro atoms. The fraction of sp³-hybridized carbons (Fsp3) is 0.0435. The van der Waals surface area contributed by atoms with Crippen molar-refractivity contribution in [2.24, 2.45) is 0 Å². The Balaban J connectivity index is 1.91. The van der Waals surface area contributed by atoms with Gasteiger partial charge in [0.05, 0.1) is 0 Å². The lowest BCUT2D eigenvalue weighted by Gasteiger charge is -2.24. The lowest BCUT2D eigenvalue weighted by molar-refractivity contribution is 0.159. The maximum absolute atomic E-state index is 6.38. The third kappa shape index (κ3) is 2.21. The van der Waals surface area contributed by atoms with Gasteiger partial charge in [-0.2, -0.15) is 0 Å². The Kier molecular flexibility index (Phi) is 3.44.